The van der Waals surface area contributed by atoms with Crippen LogP contribution in [-0.4, -0.2) is 37.7 Å². The van der Waals surface area contributed by atoms with Crippen LogP contribution >= 0.6 is 0 Å². The fraction of sp³-hybridized carbons (Fsp3) is 0.667. The summed E-state index contributed by atoms with van der Waals surface area (Å²) < 4.78 is 5.32. The molecule has 2 aliphatic rings. The summed E-state index contributed by atoms with van der Waals surface area (Å²) in [4.78, 5) is 2.48. The van der Waals surface area contributed by atoms with Crippen molar-refractivity contribution in [2.45, 2.75) is 19.3 Å². The van der Waals surface area contributed by atoms with Gasteiger partial charge in [-0.2, -0.15) is 0 Å². The molecule has 1 heterocycles. The van der Waals surface area contributed by atoms with Crippen LogP contribution in [0.2, 0.25) is 0 Å². The Labute approximate surface area is 91.6 Å². The molecule has 2 rings (SSSR count). The number of ether oxygens (including phenoxy) is 1. The quantitative estimate of drug-likeness (QED) is 0.759. The smallest absolute Gasteiger partial charge is 0.0594 e. The van der Waals surface area contributed by atoms with Crippen molar-refractivity contribution in [3.63, 3.8) is 0 Å². The number of allylic oxidation sites excluding steroid dienone is 3. The molecule has 84 valence electrons. The molecule has 3 nitrogen and oxygen atoms in total. The van der Waals surface area contributed by atoms with Crippen molar-refractivity contribution >= 4 is 0 Å². The Hall–Kier alpha value is -0.800. The van der Waals surface area contributed by atoms with E-state index in [1.54, 1.807) is 0 Å². The van der Waals surface area contributed by atoms with Crippen LogP contribution in [0.3, 0.4) is 0 Å². The van der Waals surface area contributed by atoms with Gasteiger partial charge in [-0.15, -0.1) is 0 Å². The van der Waals surface area contributed by atoms with Crippen LogP contribution in [0.5, 0.6) is 0 Å². The van der Waals surface area contributed by atoms with Crippen molar-refractivity contribution in [3.05, 3.63) is 23.4 Å². The van der Waals surface area contributed by atoms with E-state index in [0.29, 0.717) is 0 Å². The third-order valence-electron chi connectivity index (χ3n) is 3.12. The molecule has 1 saturated heterocycles. The van der Waals surface area contributed by atoms with Gasteiger partial charge in [0.2, 0.25) is 0 Å². The van der Waals surface area contributed by atoms with E-state index in [0.717, 1.165) is 44.8 Å². The summed E-state index contributed by atoms with van der Waals surface area (Å²) in [6, 6.07) is 0. The summed E-state index contributed by atoms with van der Waals surface area (Å²) in [7, 11) is 0. The SMILES string of the molecule is NC1=CC=C(CCN2CCOCC2)CC1. The normalized spacial score (nSPS) is 23.5. The van der Waals surface area contributed by atoms with Gasteiger partial charge in [0.05, 0.1) is 13.2 Å². The molecule has 0 radical (unpaired) electrons. The van der Waals surface area contributed by atoms with Crippen LogP contribution in [0.15, 0.2) is 23.4 Å². The molecule has 0 aromatic heterocycles. The Balaban J connectivity index is 1.73. The first-order valence-electron chi connectivity index (χ1n) is 5.79. The van der Waals surface area contributed by atoms with Gasteiger partial charge in [-0.25, -0.2) is 0 Å². The van der Waals surface area contributed by atoms with Crippen LogP contribution in [0.4, 0.5) is 0 Å². The van der Waals surface area contributed by atoms with Crippen molar-refractivity contribution in [2.24, 2.45) is 5.73 Å². The Morgan fingerprint density at radius 3 is 2.67 bits per heavy atom. The van der Waals surface area contributed by atoms with E-state index in [4.69, 9.17) is 10.5 Å². The number of nitrogens with zero attached hydrogens (tertiary/aromatic N) is 1. The van der Waals surface area contributed by atoms with Crippen LogP contribution in [0.1, 0.15) is 19.3 Å². The molecule has 0 bridgehead atoms. The van der Waals surface area contributed by atoms with Crippen molar-refractivity contribution < 1.29 is 4.74 Å². The van der Waals surface area contributed by atoms with Gasteiger partial charge in [0, 0.05) is 25.3 Å². The van der Waals surface area contributed by atoms with E-state index in [1.165, 1.54) is 18.5 Å². The average molecular weight is 208 g/mol. The zero-order valence-corrected chi connectivity index (χ0v) is 9.24. The summed E-state index contributed by atoms with van der Waals surface area (Å²) in [5.74, 6) is 0. The van der Waals surface area contributed by atoms with E-state index in [2.05, 4.69) is 17.1 Å². The largest absolute Gasteiger partial charge is 0.402 e. The minimum atomic E-state index is 0.895. The number of morpholine rings is 1. The number of nitrogens with two attached hydrogens (primary N) is 1. The van der Waals surface area contributed by atoms with E-state index in [1.807, 2.05) is 0 Å². The highest BCUT2D eigenvalue weighted by Gasteiger charge is 2.11. The highest BCUT2D eigenvalue weighted by molar-refractivity contribution is 5.22. The summed E-state index contributed by atoms with van der Waals surface area (Å²) in [6.07, 6.45) is 7.61. The van der Waals surface area contributed by atoms with E-state index >= 15 is 0 Å². The van der Waals surface area contributed by atoms with Crippen molar-refractivity contribution in [3.8, 4) is 0 Å². The number of hydrogen-bond acceptors (Lipinski definition) is 3. The van der Waals surface area contributed by atoms with Gasteiger partial charge in [-0.1, -0.05) is 11.6 Å². The lowest BCUT2D eigenvalue weighted by molar-refractivity contribution is 0.0383. The van der Waals surface area contributed by atoms with E-state index < -0.39 is 0 Å². The summed E-state index contributed by atoms with van der Waals surface area (Å²) in [6.45, 7) is 5.14. The summed E-state index contributed by atoms with van der Waals surface area (Å²) >= 11 is 0. The standard InChI is InChI=1S/C12H20N2O/c13-12-3-1-11(2-4-12)5-6-14-7-9-15-10-8-14/h1,3H,2,4-10,13H2. The van der Waals surface area contributed by atoms with E-state index in [9.17, 15) is 0 Å². The Morgan fingerprint density at radius 2 is 2.00 bits per heavy atom. The molecule has 0 aromatic rings. The summed E-state index contributed by atoms with van der Waals surface area (Å²) in [5, 5.41) is 0. The number of hydrogen-bond donors (Lipinski definition) is 1. The molecular weight excluding hydrogens is 188 g/mol. The molecular formula is C12H20N2O. The van der Waals surface area contributed by atoms with Gasteiger partial charge in [-0.3, -0.25) is 4.90 Å². The van der Waals surface area contributed by atoms with Gasteiger partial charge in [0.15, 0.2) is 0 Å². The van der Waals surface area contributed by atoms with Crippen LogP contribution in [0.25, 0.3) is 0 Å². The molecule has 1 aliphatic heterocycles. The van der Waals surface area contributed by atoms with Gasteiger partial charge in [-0.05, 0) is 25.3 Å². The first kappa shape index (κ1) is 10.7. The van der Waals surface area contributed by atoms with Crippen molar-refractivity contribution in [1.29, 1.82) is 0 Å². The zero-order chi connectivity index (χ0) is 10.5. The predicted molar refractivity (Wildman–Crippen MR) is 61.5 cm³/mol. The Bertz CT molecular complexity index is 265. The Morgan fingerprint density at radius 1 is 1.20 bits per heavy atom. The van der Waals surface area contributed by atoms with Gasteiger partial charge in [0.25, 0.3) is 0 Å². The fourth-order valence-corrected chi connectivity index (χ4v) is 2.03. The molecule has 3 heteroatoms. The van der Waals surface area contributed by atoms with Gasteiger partial charge >= 0.3 is 0 Å². The highest BCUT2D eigenvalue weighted by atomic mass is 16.5. The third kappa shape index (κ3) is 3.36. The molecule has 0 saturated carbocycles. The molecule has 2 N–H and O–H groups in total. The first-order chi connectivity index (χ1) is 7.34. The Kier molecular flexibility index (Phi) is 3.80. The molecule has 0 atom stereocenters. The molecule has 0 unspecified atom stereocenters. The first-order valence-corrected chi connectivity index (χ1v) is 5.79. The summed E-state index contributed by atoms with van der Waals surface area (Å²) in [5.41, 5.74) is 8.28. The molecule has 0 aromatic carbocycles. The monoisotopic (exact) mass is 208 g/mol. The number of rotatable bonds is 3. The maximum absolute atomic E-state index is 5.73. The van der Waals surface area contributed by atoms with Gasteiger partial charge < -0.3 is 10.5 Å². The minimum absolute atomic E-state index is 0.895. The molecule has 15 heavy (non-hydrogen) atoms. The fourth-order valence-electron chi connectivity index (χ4n) is 2.03. The molecule has 1 fully saturated rings. The van der Waals surface area contributed by atoms with Crippen LogP contribution in [0, 0.1) is 0 Å². The third-order valence-corrected chi connectivity index (χ3v) is 3.12. The van der Waals surface area contributed by atoms with Crippen molar-refractivity contribution in [1.82, 2.24) is 4.90 Å². The molecule has 0 amide bonds. The lowest BCUT2D eigenvalue weighted by Crippen LogP contribution is -2.37. The maximum atomic E-state index is 5.73. The topological polar surface area (TPSA) is 38.5 Å². The highest BCUT2D eigenvalue weighted by Crippen LogP contribution is 2.18. The zero-order valence-electron chi connectivity index (χ0n) is 9.24. The lowest BCUT2D eigenvalue weighted by atomic mass is 10.00. The van der Waals surface area contributed by atoms with Crippen LogP contribution in [-0.2, 0) is 4.74 Å². The second kappa shape index (κ2) is 5.33. The lowest BCUT2D eigenvalue weighted by Gasteiger charge is -2.27. The molecule has 0 spiro atoms. The van der Waals surface area contributed by atoms with Gasteiger partial charge in [0.1, 0.15) is 0 Å². The maximum Gasteiger partial charge on any atom is 0.0594 e. The molecule has 1 aliphatic carbocycles. The minimum Gasteiger partial charge on any atom is -0.402 e. The van der Waals surface area contributed by atoms with Crippen molar-refractivity contribution in [2.75, 3.05) is 32.8 Å². The second-order valence-electron chi connectivity index (χ2n) is 4.27. The van der Waals surface area contributed by atoms with Crippen LogP contribution < -0.4 is 5.73 Å². The average Bonchev–Trinajstić information content (AvgIpc) is 2.30. The predicted octanol–water partition coefficient (Wildman–Crippen LogP) is 1.27. The second-order valence-corrected chi connectivity index (χ2v) is 4.27. The van der Waals surface area contributed by atoms with E-state index in [-0.39, 0.29) is 0 Å².